The third-order valence-corrected chi connectivity index (χ3v) is 9.00. The second kappa shape index (κ2) is 10.9. The number of aryl methyl sites for hydroxylation is 2. The molecule has 8 nitrogen and oxygen atoms in total. The third kappa shape index (κ3) is 4.42. The van der Waals surface area contributed by atoms with Gasteiger partial charge in [-0.3, -0.25) is 14.4 Å². The number of anilines is 1. The number of rotatable bonds is 11. The number of aliphatic hydroxyl groups excluding tert-OH is 1. The summed E-state index contributed by atoms with van der Waals surface area (Å²) in [4.78, 5) is 45.8. The third-order valence-electron chi connectivity index (χ3n) is 9.00. The van der Waals surface area contributed by atoms with Crippen LogP contribution in [0.5, 0.6) is 0 Å². The molecule has 1 aromatic rings. The van der Waals surface area contributed by atoms with E-state index in [-0.39, 0.29) is 37.5 Å². The van der Waals surface area contributed by atoms with Crippen LogP contribution in [0.1, 0.15) is 51.2 Å². The minimum absolute atomic E-state index is 0.0279. The van der Waals surface area contributed by atoms with Crippen molar-refractivity contribution in [2.75, 3.05) is 24.7 Å². The van der Waals surface area contributed by atoms with Crippen molar-refractivity contribution in [2.24, 2.45) is 17.8 Å². The molecule has 0 aliphatic carbocycles. The number of carbonyl (C=O) groups excluding carboxylic acids is 3. The number of fused-ring (bicyclic) bond motifs is 1. The standard InChI is InChI=1S/C31H42N2O6/c1-8-15-32(22-17-20(6)11-12-21(22)7)28(36)26-31-14-13-30(10-3,39-31)25(29(37)38-16-9-2)24(31)27(35)33(26)23(18-34)19(4)5/h8-9,11-12,17,19,23-26,34H,1-2,10,13-16,18H2,3-7H3/t23-,24-,25-,26?,30+,31?/m0/s1. The van der Waals surface area contributed by atoms with E-state index in [1.54, 1.807) is 11.0 Å². The summed E-state index contributed by atoms with van der Waals surface area (Å²) in [6.45, 7) is 17.1. The number of amides is 2. The van der Waals surface area contributed by atoms with Gasteiger partial charge < -0.3 is 24.4 Å². The average Bonchev–Trinajstić information content (AvgIpc) is 3.51. The van der Waals surface area contributed by atoms with Gasteiger partial charge in [0.05, 0.1) is 24.2 Å². The van der Waals surface area contributed by atoms with E-state index >= 15 is 0 Å². The van der Waals surface area contributed by atoms with Gasteiger partial charge in [0.2, 0.25) is 5.91 Å². The fraction of sp³-hybridized carbons (Fsp3) is 0.581. The van der Waals surface area contributed by atoms with Gasteiger partial charge in [-0.1, -0.05) is 51.6 Å². The van der Waals surface area contributed by atoms with Crippen molar-refractivity contribution in [3.05, 3.63) is 54.6 Å². The Morgan fingerprint density at radius 3 is 2.56 bits per heavy atom. The molecule has 212 valence electrons. The fourth-order valence-electron chi connectivity index (χ4n) is 7.10. The van der Waals surface area contributed by atoms with Crippen molar-refractivity contribution in [1.82, 2.24) is 4.90 Å². The van der Waals surface area contributed by atoms with Crippen LogP contribution < -0.4 is 4.90 Å². The highest BCUT2D eigenvalue weighted by Crippen LogP contribution is 2.65. The first-order chi connectivity index (χ1) is 18.5. The zero-order valence-corrected chi connectivity index (χ0v) is 23.8. The summed E-state index contributed by atoms with van der Waals surface area (Å²) in [5, 5.41) is 10.5. The summed E-state index contributed by atoms with van der Waals surface area (Å²) in [5.74, 6) is -3.01. The van der Waals surface area contributed by atoms with Gasteiger partial charge in [0.1, 0.15) is 24.2 Å². The van der Waals surface area contributed by atoms with Gasteiger partial charge in [-0.15, -0.1) is 6.58 Å². The largest absolute Gasteiger partial charge is 0.461 e. The quantitative estimate of drug-likeness (QED) is 0.341. The molecule has 3 fully saturated rings. The predicted molar refractivity (Wildman–Crippen MR) is 149 cm³/mol. The van der Waals surface area contributed by atoms with Crippen LogP contribution >= 0.6 is 0 Å². The Morgan fingerprint density at radius 2 is 1.97 bits per heavy atom. The molecule has 2 bridgehead atoms. The number of likely N-dealkylation sites (tertiary alicyclic amines) is 1. The molecule has 1 aromatic carbocycles. The molecule has 0 saturated carbocycles. The highest BCUT2D eigenvalue weighted by molar-refractivity contribution is 6.05. The van der Waals surface area contributed by atoms with Crippen LogP contribution in [0.25, 0.3) is 0 Å². The summed E-state index contributed by atoms with van der Waals surface area (Å²) >= 11 is 0. The molecule has 39 heavy (non-hydrogen) atoms. The lowest BCUT2D eigenvalue weighted by molar-refractivity contribution is -0.161. The highest BCUT2D eigenvalue weighted by atomic mass is 16.6. The van der Waals surface area contributed by atoms with E-state index in [0.717, 1.165) is 16.8 Å². The maximum Gasteiger partial charge on any atom is 0.313 e. The van der Waals surface area contributed by atoms with Gasteiger partial charge in [-0.05, 0) is 56.2 Å². The lowest BCUT2D eigenvalue weighted by Crippen LogP contribution is -2.60. The van der Waals surface area contributed by atoms with Gasteiger partial charge in [0.25, 0.3) is 5.91 Å². The van der Waals surface area contributed by atoms with Crippen LogP contribution in [0.4, 0.5) is 5.69 Å². The first-order valence-corrected chi connectivity index (χ1v) is 13.9. The van der Waals surface area contributed by atoms with Crippen LogP contribution in [0.15, 0.2) is 43.5 Å². The molecule has 3 saturated heterocycles. The van der Waals surface area contributed by atoms with E-state index in [2.05, 4.69) is 13.2 Å². The number of benzene rings is 1. The number of carbonyl (C=O) groups is 3. The van der Waals surface area contributed by atoms with E-state index < -0.39 is 41.1 Å². The summed E-state index contributed by atoms with van der Waals surface area (Å²) in [5.41, 5.74) is 0.545. The lowest BCUT2D eigenvalue weighted by atomic mass is 9.65. The Kier molecular flexibility index (Phi) is 8.11. The number of aliphatic hydroxyl groups is 1. The predicted octanol–water partition coefficient (Wildman–Crippen LogP) is 3.72. The monoisotopic (exact) mass is 538 g/mol. The summed E-state index contributed by atoms with van der Waals surface area (Å²) in [7, 11) is 0. The Hall–Kier alpha value is -2.97. The summed E-state index contributed by atoms with van der Waals surface area (Å²) < 4.78 is 12.3. The van der Waals surface area contributed by atoms with E-state index in [4.69, 9.17) is 9.47 Å². The van der Waals surface area contributed by atoms with Gasteiger partial charge >= 0.3 is 5.97 Å². The molecule has 1 N–H and O–H groups in total. The van der Waals surface area contributed by atoms with Crippen molar-refractivity contribution in [3.8, 4) is 0 Å². The SMILES string of the molecule is C=CCOC(=O)[C@@H]1[C@H]2C(=O)N([C@@H](CO)C(C)C)C(C(=O)N(CC=C)c3cc(C)ccc3C)C23CC[C@@]1(CC)O3. The first-order valence-electron chi connectivity index (χ1n) is 13.9. The van der Waals surface area contributed by atoms with Crippen LogP contribution in [-0.4, -0.2) is 70.8 Å². The van der Waals surface area contributed by atoms with Crippen molar-refractivity contribution in [2.45, 2.75) is 77.2 Å². The van der Waals surface area contributed by atoms with Gasteiger partial charge in [0.15, 0.2) is 0 Å². The molecule has 0 radical (unpaired) electrons. The van der Waals surface area contributed by atoms with E-state index in [1.165, 1.54) is 11.0 Å². The van der Waals surface area contributed by atoms with Crippen molar-refractivity contribution in [1.29, 1.82) is 0 Å². The van der Waals surface area contributed by atoms with Crippen LogP contribution in [0.3, 0.4) is 0 Å². The first kappa shape index (κ1) is 29.0. The molecule has 2 amide bonds. The maximum atomic E-state index is 14.8. The topological polar surface area (TPSA) is 96.4 Å². The number of nitrogens with zero attached hydrogens (tertiary/aromatic N) is 2. The van der Waals surface area contributed by atoms with Crippen LogP contribution in [0, 0.1) is 31.6 Å². The molecule has 3 heterocycles. The number of hydrogen-bond donors (Lipinski definition) is 1. The molecule has 4 rings (SSSR count). The maximum absolute atomic E-state index is 14.8. The zero-order valence-electron chi connectivity index (χ0n) is 23.8. The number of ether oxygens (including phenoxy) is 2. The Morgan fingerprint density at radius 1 is 1.26 bits per heavy atom. The number of esters is 1. The summed E-state index contributed by atoms with van der Waals surface area (Å²) in [6.07, 6.45) is 4.66. The normalized spacial score (nSPS) is 29.9. The Balaban J connectivity index is 1.89. The minimum Gasteiger partial charge on any atom is -0.461 e. The van der Waals surface area contributed by atoms with Crippen molar-refractivity contribution < 1.29 is 29.0 Å². The van der Waals surface area contributed by atoms with Crippen molar-refractivity contribution >= 4 is 23.5 Å². The Labute approximate surface area is 231 Å². The lowest BCUT2D eigenvalue weighted by Gasteiger charge is -2.41. The Bertz CT molecular complexity index is 1160. The second-order valence-electron chi connectivity index (χ2n) is 11.5. The average molecular weight is 539 g/mol. The minimum atomic E-state index is -1.21. The summed E-state index contributed by atoms with van der Waals surface area (Å²) in [6, 6.07) is 4.27. The molecule has 3 aliphatic rings. The molecule has 8 heteroatoms. The fourth-order valence-corrected chi connectivity index (χ4v) is 7.10. The van der Waals surface area contributed by atoms with E-state index in [9.17, 15) is 19.5 Å². The second-order valence-corrected chi connectivity index (χ2v) is 11.5. The molecule has 3 aliphatic heterocycles. The van der Waals surface area contributed by atoms with Crippen molar-refractivity contribution in [3.63, 3.8) is 0 Å². The van der Waals surface area contributed by atoms with Crippen LogP contribution in [0.2, 0.25) is 0 Å². The molecular formula is C31H42N2O6. The van der Waals surface area contributed by atoms with Gasteiger partial charge in [-0.25, -0.2) is 0 Å². The molecule has 2 unspecified atom stereocenters. The molecule has 0 aromatic heterocycles. The van der Waals surface area contributed by atoms with Crippen LogP contribution in [-0.2, 0) is 23.9 Å². The zero-order chi connectivity index (χ0) is 28.7. The number of hydrogen-bond acceptors (Lipinski definition) is 6. The molecule has 6 atom stereocenters. The van der Waals surface area contributed by atoms with Gasteiger partial charge in [0, 0.05) is 12.2 Å². The van der Waals surface area contributed by atoms with Gasteiger partial charge in [-0.2, -0.15) is 0 Å². The smallest absolute Gasteiger partial charge is 0.313 e. The molecule has 1 spiro atoms. The highest BCUT2D eigenvalue weighted by Gasteiger charge is 2.79. The van der Waals surface area contributed by atoms with E-state index in [1.807, 2.05) is 52.8 Å². The molecular weight excluding hydrogens is 496 g/mol. The van der Waals surface area contributed by atoms with E-state index in [0.29, 0.717) is 19.3 Å².